The first-order valence-electron chi connectivity index (χ1n) is 8.99. The summed E-state index contributed by atoms with van der Waals surface area (Å²) in [6.07, 6.45) is 0.642. The molecule has 0 aliphatic rings. The largest absolute Gasteiger partial charge is 0.493 e. The van der Waals surface area contributed by atoms with Crippen LogP contribution in [-0.4, -0.2) is 30.9 Å². The standard InChI is InChI=1S/C21H22N2O5S/c1-12(24)16-10-15(28-13(16)2)6-8-20(25)23-21-22-17(11-29-21)14-5-7-18(26-3)19(9-14)27-4/h5,7,9-11H,6,8H2,1-4H3,(H,22,23,25). The van der Waals surface area contributed by atoms with Crippen LogP contribution in [-0.2, 0) is 11.2 Å². The van der Waals surface area contributed by atoms with Crippen LogP contribution in [0.1, 0.15) is 35.2 Å². The Morgan fingerprint density at radius 3 is 2.59 bits per heavy atom. The van der Waals surface area contributed by atoms with Gasteiger partial charge in [-0.3, -0.25) is 9.59 Å². The van der Waals surface area contributed by atoms with Crippen molar-refractivity contribution >= 4 is 28.2 Å². The molecule has 0 bridgehead atoms. The Balaban J connectivity index is 1.62. The van der Waals surface area contributed by atoms with E-state index in [-0.39, 0.29) is 18.1 Å². The van der Waals surface area contributed by atoms with Crippen molar-refractivity contribution in [3.63, 3.8) is 0 Å². The topological polar surface area (TPSA) is 90.7 Å². The fourth-order valence-electron chi connectivity index (χ4n) is 2.89. The Morgan fingerprint density at radius 1 is 1.17 bits per heavy atom. The Morgan fingerprint density at radius 2 is 1.93 bits per heavy atom. The molecule has 0 spiro atoms. The number of nitrogens with zero attached hydrogens (tertiary/aromatic N) is 1. The summed E-state index contributed by atoms with van der Waals surface area (Å²) < 4.78 is 16.1. The number of furan rings is 1. The third-order valence-electron chi connectivity index (χ3n) is 4.38. The van der Waals surface area contributed by atoms with Gasteiger partial charge in [0, 0.05) is 23.8 Å². The molecule has 0 radical (unpaired) electrons. The van der Waals surface area contributed by atoms with Crippen LogP contribution in [0.5, 0.6) is 11.5 Å². The Kier molecular flexibility index (Phi) is 6.33. The number of aryl methyl sites for hydroxylation is 2. The molecule has 7 nitrogen and oxygen atoms in total. The zero-order chi connectivity index (χ0) is 21.0. The van der Waals surface area contributed by atoms with E-state index >= 15 is 0 Å². The van der Waals surface area contributed by atoms with E-state index in [1.54, 1.807) is 27.2 Å². The summed E-state index contributed by atoms with van der Waals surface area (Å²) in [6, 6.07) is 7.23. The van der Waals surface area contributed by atoms with Crippen molar-refractivity contribution in [3.05, 3.63) is 46.7 Å². The summed E-state index contributed by atoms with van der Waals surface area (Å²) in [6.45, 7) is 3.23. The molecule has 0 fully saturated rings. The molecule has 8 heteroatoms. The fraction of sp³-hybridized carbons (Fsp3) is 0.286. The van der Waals surface area contributed by atoms with Crippen LogP contribution in [0.25, 0.3) is 11.3 Å². The number of hydrogen-bond acceptors (Lipinski definition) is 7. The average molecular weight is 414 g/mol. The predicted octanol–water partition coefficient (Wildman–Crippen LogP) is 4.50. The van der Waals surface area contributed by atoms with Crippen molar-refractivity contribution in [1.29, 1.82) is 0 Å². The minimum atomic E-state index is -0.170. The molecule has 0 atom stereocenters. The number of carbonyl (C=O) groups excluding carboxylic acids is 2. The fourth-order valence-corrected chi connectivity index (χ4v) is 3.63. The number of aromatic nitrogens is 1. The van der Waals surface area contributed by atoms with Crippen LogP contribution in [0, 0.1) is 6.92 Å². The second kappa shape index (κ2) is 8.91. The van der Waals surface area contributed by atoms with Crippen LogP contribution in [0.2, 0.25) is 0 Å². The van der Waals surface area contributed by atoms with Gasteiger partial charge in [0.2, 0.25) is 5.91 Å². The van der Waals surface area contributed by atoms with Gasteiger partial charge in [-0.1, -0.05) is 0 Å². The number of nitrogens with one attached hydrogen (secondary N) is 1. The van der Waals surface area contributed by atoms with E-state index in [1.165, 1.54) is 18.3 Å². The van der Waals surface area contributed by atoms with Gasteiger partial charge in [-0.25, -0.2) is 4.98 Å². The number of hydrogen-bond donors (Lipinski definition) is 1. The van der Waals surface area contributed by atoms with Crippen LogP contribution in [0.4, 0.5) is 5.13 Å². The summed E-state index contributed by atoms with van der Waals surface area (Å²) in [7, 11) is 3.16. The first-order valence-corrected chi connectivity index (χ1v) is 9.87. The van der Waals surface area contributed by atoms with Gasteiger partial charge in [0.05, 0.1) is 25.5 Å². The lowest BCUT2D eigenvalue weighted by atomic mass is 10.1. The summed E-state index contributed by atoms with van der Waals surface area (Å²) in [5.74, 6) is 2.23. The maximum absolute atomic E-state index is 12.3. The first kappa shape index (κ1) is 20.6. The zero-order valence-corrected chi connectivity index (χ0v) is 17.5. The smallest absolute Gasteiger partial charge is 0.226 e. The minimum Gasteiger partial charge on any atom is -0.493 e. The average Bonchev–Trinajstić information content (AvgIpc) is 3.32. The molecule has 152 valence electrons. The van der Waals surface area contributed by atoms with E-state index in [4.69, 9.17) is 13.9 Å². The second-order valence-corrected chi connectivity index (χ2v) is 7.25. The molecule has 0 unspecified atom stereocenters. The quantitative estimate of drug-likeness (QED) is 0.546. The van der Waals surface area contributed by atoms with Crippen molar-refractivity contribution in [1.82, 2.24) is 4.98 Å². The van der Waals surface area contributed by atoms with Gasteiger partial charge in [0.1, 0.15) is 11.5 Å². The summed E-state index contributed by atoms with van der Waals surface area (Å²) in [5.41, 5.74) is 2.15. The Labute approximate surface area is 172 Å². The molecule has 1 aromatic carbocycles. The van der Waals surface area contributed by atoms with E-state index in [0.29, 0.717) is 40.1 Å². The highest BCUT2D eigenvalue weighted by Gasteiger charge is 2.14. The van der Waals surface area contributed by atoms with Gasteiger partial charge in [-0.05, 0) is 38.1 Å². The summed E-state index contributed by atoms with van der Waals surface area (Å²) >= 11 is 1.35. The second-order valence-electron chi connectivity index (χ2n) is 6.39. The van der Waals surface area contributed by atoms with Crippen LogP contribution in [0.15, 0.2) is 34.1 Å². The van der Waals surface area contributed by atoms with Gasteiger partial charge in [-0.2, -0.15) is 0 Å². The number of ether oxygens (including phenoxy) is 2. The first-order chi connectivity index (χ1) is 13.9. The van der Waals surface area contributed by atoms with Gasteiger partial charge < -0.3 is 19.2 Å². The number of methoxy groups -OCH3 is 2. The molecule has 3 rings (SSSR count). The normalized spacial score (nSPS) is 10.6. The lowest BCUT2D eigenvalue weighted by Crippen LogP contribution is -2.11. The number of Topliss-reactive ketones (excluding diaryl/α,β-unsaturated/α-hetero) is 1. The van der Waals surface area contributed by atoms with E-state index in [1.807, 2.05) is 23.6 Å². The SMILES string of the molecule is COc1ccc(-c2csc(NC(=O)CCc3cc(C(C)=O)c(C)o3)n2)cc1OC. The number of thiazole rings is 1. The van der Waals surface area contributed by atoms with Crippen molar-refractivity contribution in [2.24, 2.45) is 0 Å². The molecule has 0 saturated carbocycles. The van der Waals surface area contributed by atoms with Crippen molar-refractivity contribution in [2.75, 3.05) is 19.5 Å². The monoisotopic (exact) mass is 414 g/mol. The van der Waals surface area contributed by atoms with E-state index < -0.39 is 0 Å². The number of amides is 1. The summed E-state index contributed by atoms with van der Waals surface area (Å²) in [4.78, 5) is 28.2. The molecule has 1 amide bonds. The highest BCUT2D eigenvalue weighted by molar-refractivity contribution is 7.14. The molecule has 0 aliphatic heterocycles. The van der Waals surface area contributed by atoms with Crippen molar-refractivity contribution < 1.29 is 23.5 Å². The third kappa shape index (κ3) is 4.83. The number of carbonyl (C=O) groups is 2. The molecule has 0 saturated heterocycles. The van der Waals surface area contributed by atoms with E-state index in [0.717, 1.165) is 11.3 Å². The molecule has 0 aliphatic carbocycles. The van der Waals surface area contributed by atoms with Gasteiger partial charge in [0.25, 0.3) is 0 Å². The Bertz CT molecular complexity index is 1040. The van der Waals surface area contributed by atoms with Crippen molar-refractivity contribution in [3.8, 4) is 22.8 Å². The highest BCUT2D eigenvalue weighted by atomic mass is 32.1. The van der Waals surface area contributed by atoms with Crippen LogP contribution in [0.3, 0.4) is 0 Å². The predicted molar refractivity (Wildman–Crippen MR) is 111 cm³/mol. The van der Waals surface area contributed by atoms with Gasteiger partial charge >= 0.3 is 0 Å². The molecule has 2 aromatic heterocycles. The van der Waals surface area contributed by atoms with Gasteiger partial charge in [0.15, 0.2) is 22.4 Å². The number of rotatable bonds is 8. The molecular weight excluding hydrogens is 392 g/mol. The lowest BCUT2D eigenvalue weighted by molar-refractivity contribution is -0.116. The molecule has 2 heterocycles. The van der Waals surface area contributed by atoms with Crippen LogP contribution < -0.4 is 14.8 Å². The Hall–Kier alpha value is -3.13. The molecule has 3 aromatic rings. The van der Waals surface area contributed by atoms with Crippen LogP contribution >= 0.6 is 11.3 Å². The number of benzene rings is 1. The molecule has 1 N–H and O–H groups in total. The number of ketones is 1. The maximum Gasteiger partial charge on any atom is 0.226 e. The summed E-state index contributed by atoms with van der Waals surface area (Å²) in [5, 5.41) is 5.18. The van der Waals surface area contributed by atoms with Gasteiger partial charge in [-0.15, -0.1) is 11.3 Å². The lowest BCUT2D eigenvalue weighted by Gasteiger charge is -2.08. The molecular formula is C21H22N2O5S. The van der Waals surface area contributed by atoms with Crippen molar-refractivity contribution in [2.45, 2.75) is 26.7 Å². The maximum atomic E-state index is 12.3. The number of anilines is 1. The zero-order valence-electron chi connectivity index (χ0n) is 16.7. The minimum absolute atomic E-state index is 0.0487. The highest BCUT2D eigenvalue weighted by Crippen LogP contribution is 2.33. The van der Waals surface area contributed by atoms with E-state index in [9.17, 15) is 9.59 Å². The molecule has 29 heavy (non-hydrogen) atoms. The van der Waals surface area contributed by atoms with E-state index in [2.05, 4.69) is 10.3 Å². The third-order valence-corrected chi connectivity index (χ3v) is 5.13.